The Morgan fingerprint density at radius 2 is 2.06 bits per heavy atom. The smallest absolute Gasteiger partial charge is 0.120 e. The molecule has 0 radical (unpaired) electrons. The number of hydrogen-bond donors (Lipinski definition) is 2. The van der Waals surface area contributed by atoms with Gasteiger partial charge in [-0.2, -0.15) is 0 Å². The molecule has 3 nitrogen and oxygen atoms in total. The van der Waals surface area contributed by atoms with Crippen LogP contribution in [-0.2, 0) is 0 Å². The van der Waals surface area contributed by atoms with E-state index in [0.29, 0.717) is 5.75 Å². The lowest BCUT2D eigenvalue weighted by Gasteiger charge is -2.31. The first-order chi connectivity index (χ1) is 8.63. The van der Waals surface area contributed by atoms with Crippen molar-refractivity contribution in [1.82, 2.24) is 0 Å². The van der Waals surface area contributed by atoms with Gasteiger partial charge in [-0.1, -0.05) is 19.3 Å². The zero-order chi connectivity index (χ0) is 13.0. The predicted octanol–water partition coefficient (Wildman–Crippen LogP) is 3.06. The van der Waals surface area contributed by atoms with Gasteiger partial charge in [0.05, 0.1) is 12.7 Å². The number of nitrogen functional groups attached to an aromatic ring is 1. The number of anilines is 1. The number of ether oxygens (including phenoxy) is 1. The van der Waals surface area contributed by atoms with Gasteiger partial charge in [0.15, 0.2) is 0 Å². The van der Waals surface area contributed by atoms with Crippen molar-refractivity contribution >= 4 is 17.4 Å². The third-order valence-electron chi connectivity index (χ3n) is 3.50. The van der Waals surface area contributed by atoms with E-state index in [-0.39, 0.29) is 0 Å². The Balaban J connectivity index is 2.00. The summed E-state index contributed by atoms with van der Waals surface area (Å²) in [4.78, 5) is 0.994. The first-order valence-electron chi connectivity index (χ1n) is 6.42. The molecule has 2 rings (SSSR count). The zero-order valence-electron chi connectivity index (χ0n) is 10.8. The maximum atomic E-state index is 10.5. The summed E-state index contributed by atoms with van der Waals surface area (Å²) in [6.07, 6.45) is 5.32. The molecule has 1 saturated carbocycles. The van der Waals surface area contributed by atoms with Gasteiger partial charge in [0, 0.05) is 16.3 Å². The number of methoxy groups -OCH3 is 1. The summed E-state index contributed by atoms with van der Waals surface area (Å²) >= 11 is 1.63. The summed E-state index contributed by atoms with van der Waals surface area (Å²) in [5.74, 6) is 1.52. The average molecular weight is 267 g/mol. The van der Waals surface area contributed by atoms with Crippen LogP contribution in [0.25, 0.3) is 0 Å². The third kappa shape index (κ3) is 3.33. The van der Waals surface area contributed by atoms with E-state index in [4.69, 9.17) is 10.5 Å². The van der Waals surface area contributed by atoms with Gasteiger partial charge in [0.1, 0.15) is 5.75 Å². The van der Waals surface area contributed by atoms with Crippen molar-refractivity contribution in [1.29, 1.82) is 0 Å². The molecule has 100 valence electrons. The van der Waals surface area contributed by atoms with Crippen LogP contribution in [0.5, 0.6) is 5.75 Å². The molecule has 3 N–H and O–H groups in total. The third-order valence-corrected chi connectivity index (χ3v) is 4.85. The van der Waals surface area contributed by atoms with Crippen LogP contribution in [0, 0.1) is 0 Å². The Morgan fingerprint density at radius 1 is 1.33 bits per heavy atom. The molecular weight excluding hydrogens is 246 g/mol. The molecule has 1 aliphatic carbocycles. The average Bonchev–Trinajstić information content (AvgIpc) is 2.39. The summed E-state index contributed by atoms with van der Waals surface area (Å²) in [6, 6.07) is 5.65. The minimum absolute atomic E-state index is 0.515. The molecule has 0 saturated heterocycles. The van der Waals surface area contributed by atoms with Gasteiger partial charge in [0.2, 0.25) is 0 Å². The largest absolute Gasteiger partial charge is 0.497 e. The second-order valence-corrected chi connectivity index (χ2v) is 5.99. The lowest BCUT2D eigenvalue weighted by molar-refractivity contribution is 0.0273. The number of nitrogens with two attached hydrogens (primary N) is 1. The van der Waals surface area contributed by atoms with Crippen LogP contribution in [-0.4, -0.2) is 23.6 Å². The quantitative estimate of drug-likeness (QED) is 0.650. The molecule has 1 aromatic carbocycles. The topological polar surface area (TPSA) is 55.5 Å². The Hall–Kier alpha value is -0.870. The van der Waals surface area contributed by atoms with E-state index >= 15 is 0 Å². The highest BCUT2D eigenvalue weighted by Crippen LogP contribution is 2.36. The van der Waals surface area contributed by atoms with Gasteiger partial charge in [-0.15, -0.1) is 11.8 Å². The molecule has 0 unspecified atom stereocenters. The summed E-state index contributed by atoms with van der Waals surface area (Å²) in [6.45, 7) is 0. The van der Waals surface area contributed by atoms with Gasteiger partial charge in [-0.25, -0.2) is 0 Å². The van der Waals surface area contributed by atoms with Gasteiger partial charge in [-0.05, 0) is 31.0 Å². The number of hydrogen-bond acceptors (Lipinski definition) is 4. The van der Waals surface area contributed by atoms with Gasteiger partial charge in [-0.3, -0.25) is 0 Å². The Kier molecular flexibility index (Phi) is 4.40. The fraction of sp³-hybridized carbons (Fsp3) is 0.571. The van der Waals surface area contributed by atoms with Crippen LogP contribution in [0.3, 0.4) is 0 Å². The molecule has 0 amide bonds. The highest BCUT2D eigenvalue weighted by Gasteiger charge is 2.29. The van der Waals surface area contributed by atoms with E-state index in [1.807, 2.05) is 18.2 Å². The van der Waals surface area contributed by atoms with Crippen LogP contribution >= 0.6 is 11.8 Å². The highest BCUT2D eigenvalue weighted by molar-refractivity contribution is 7.99. The van der Waals surface area contributed by atoms with Crippen LogP contribution in [0.4, 0.5) is 5.69 Å². The fourth-order valence-corrected chi connectivity index (χ4v) is 3.48. The molecule has 1 aromatic rings. The molecule has 0 aromatic heterocycles. The molecule has 0 heterocycles. The second kappa shape index (κ2) is 5.85. The zero-order valence-corrected chi connectivity index (χ0v) is 11.6. The lowest BCUT2D eigenvalue weighted by Crippen LogP contribution is -2.33. The summed E-state index contributed by atoms with van der Waals surface area (Å²) in [5, 5.41) is 10.5. The number of thioether (sulfide) groups is 1. The maximum absolute atomic E-state index is 10.5. The van der Waals surface area contributed by atoms with Crippen LogP contribution in [0.2, 0.25) is 0 Å². The van der Waals surface area contributed by atoms with Crippen molar-refractivity contribution in [3.63, 3.8) is 0 Å². The SMILES string of the molecule is COc1ccc(N)c(SCC2(O)CCCCC2)c1. The van der Waals surface area contributed by atoms with Gasteiger partial charge in [0.25, 0.3) is 0 Å². The minimum Gasteiger partial charge on any atom is -0.497 e. The molecule has 0 atom stereocenters. The van der Waals surface area contributed by atoms with Crippen LogP contribution in [0.15, 0.2) is 23.1 Å². The number of rotatable bonds is 4. The molecule has 18 heavy (non-hydrogen) atoms. The van der Waals surface area contributed by atoms with E-state index in [1.54, 1.807) is 18.9 Å². The minimum atomic E-state index is -0.515. The van der Waals surface area contributed by atoms with Crippen molar-refractivity contribution in [2.45, 2.75) is 42.6 Å². The van der Waals surface area contributed by atoms with Crippen molar-refractivity contribution in [3.8, 4) is 5.75 Å². The fourth-order valence-electron chi connectivity index (χ4n) is 2.33. The van der Waals surface area contributed by atoms with Crippen molar-refractivity contribution in [2.75, 3.05) is 18.6 Å². The van der Waals surface area contributed by atoms with Gasteiger partial charge < -0.3 is 15.6 Å². The first-order valence-corrected chi connectivity index (χ1v) is 7.40. The number of aliphatic hydroxyl groups is 1. The van der Waals surface area contributed by atoms with Crippen molar-refractivity contribution < 1.29 is 9.84 Å². The molecule has 1 aliphatic rings. The van der Waals surface area contributed by atoms with Crippen molar-refractivity contribution in [2.24, 2.45) is 0 Å². The molecule has 4 heteroatoms. The maximum Gasteiger partial charge on any atom is 0.120 e. The van der Waals surface area contributed by atoms with Crippen molar-refractivity contribution in [3.05, 3.63) is 18.2 Å². The number of benzene rings is 1. The Morgan fingerprint density at radius 3 is 2.72 bits per heavy atom. The first kappa shape index (κ1) is 13.6. The predicted molar refractivity (Wildman–Crippen MR) is 76.2 cm³/mol. The van der Waals surface area contributed by atoms with E-state index in [1.165, 1.54) is 6.42 Å². The summed E-state index contributed by atoms with van der Waals surface area (Å²) in [5.41, 5.74) is 6.18. The molecule has 0 spiro atoms. The van der Waals surface area contributed by atoms with Crippen LogP contribution < -0.4 is 10.5 Å². The molecule has 0 bridgehead atoms. The van der Waals surface area contributed by atoms with E-state index in [2.05, 4.69) is 0 Å². The summed E-state index contributed by atoms with van der Waals surface area (Å²) in [7, 11) is 1.65. The molecule has 1 fully saturated rings. The lowest BCUT2D eigenvalue weighted by atomic mass is 9.86. The van der Waals surface area contributed by atoms with Crippen LogP contribution in [0.1, 0.15) is 32.1 Å². The van der Waals surface area contributed by atoms with E-state index < -0.39 is 5.60 Å². The van der Waals surface area contributed by atoms with E-state index in [0.717, 1.165) is 42.0 Å². The van der Waals surface area contributed by atoms with E-state index in [9.17, 15) is 5.11 Å². The summed E-state index contributed by atoms with van der Waals surface area (Å²) < 4.78 is 5.20. The molecular formula is C14H21NO2S. The Labute approximate surface area is 113 Å². The highest BCUT2D eigenvalue weighted by atomic mass is 32.2. The second-order valence-electron chi connectivity index (χ2n) is 4.98. The standard InChI is InChI=1S/C14H21NO2S/c1-17-11-5-6-12(15)13(9-11)18-10-14(16)7-3-2-4-8-14/h5-6,9,16H,2-4,7-8,10,15H2,1H3. The monoisotopic (exact) mass is 267 g/mol. The normalized spacial score (nSPS) is 18.6. The molecule has 0 aliphatic heterocycles. The Bertz CT molecular complexity index is 403. The van der Waals surface area contributed by atoms with Gasteiger partial charge >= 0.3 is 0 Å².